The second-order valence-corrected chi connectivity index (χ2v) is 3.80. The molecule has 0 amide bonds. The minimum atomic E-state index is -0.488. The summed E-state index contributed by atoms with van der Waals surface area (Å²) in [4.78, 5) is 0. The van der Waals surface area contributed by atoms with Crippen molar-refractivity contribution in [2.45, 2.75) is 39.7 Å². The summed E-state index contributed by atoms with van der Waals surface area (Å²) in [5.74, 6) is 0.503. The Labute approximate surface area is 62.8 Å². The lowest BCUT2D eigenvalue weighted by Gasteiger charge is -2.40. The maximum atomic E-state index is 9.66. The average Bonchev–Trinajstić information content (AvgIpc) is 1.58. The van der Waals surface area contributed by atoms with Crippen LogP contribution in [-0.4, -0.2) is 10.7 Å². The maximum Gasteiger partial charge on any atom is 0.0870 e. The first-order valence-corrected chi connectivity index (χ1v) is 3.87. The standard InChI is InChI=1S/C9H16O/c1-6(2)8-7(3)5-9(8,4)10/h6,10H,5H2,1-4H3. The predicted octanol–water partition coefficient (Wildman–Crippen LogP) is 2.11. The summed E-state index contributed by atoms with van der Waals surface area (Å²) in [7, 11) is 0. The Bertz CT molecular complexity index is 175. The monoisotopic (exact) mass is 140 g/mol. The summed E-state index contributed by atoms with van der Waals surface area (Å²) in [6, 6.07) is 0. The molecule has 0 spiro atoms. The molecule has 0 bridgehead atoms. The van der Waals surface area contributed by atoms with Gasteiger partial charge in [-0.25, -0.2) is 0 Å². The molecular formula is C9H16O. The van der Waals surface area contributed by atoms with Crippen LogP contribution in [0.5, 0.6) is 0 Å². The smallest absolute Gasteiger partial charge is 0.0870 e. The molecule has 0 fully saturated rings. The number of hydrogen-bond acceptors (Lipinski definition) is 1. The maximum absolute atomic E-state index is 9.66. The van der Waals surface area contributed by atoms with E-state index in [1.807, 2.05) is 6.92 Å². The Morgan fingerprint density at radius 3 is 2.10 bits per heavy atom. The second kappa shape index (κ2) is 2.09. The molecule has 0 aromatic carbocycles. The van der Waals surface area contributed by atoms with Crippen LogP contribution in [-0.2, 0) is 0 Å². The summed E-state index contributed by atoms with van der Waals surface area (Å²) in [5.41, 5.74) is 2.13. The number of rotatable bonds is 1. The van der Waals surface area contributed by atoms with Crippen LogP contribution in [0.15, 0.2) is 11.1 Å². The lowest BCUT2D eigenvalue weighted by molar-refractivity contribution is 0.0640. The molecule has 1 unspecified atom stereocenters. The molecule has 0 heterocycles. The van der Waals surface area contributed by atoms with E-state index in [2.05, 4.69) is 20.8 Å². The fraction of sp³-hybridized carbons (Fsp3) is 0.778. The highest BCUT2D eigenvalue weighted by atomic mass is 16.3. The SMILES string of the molecule is CC1=C(C(C)C)C(C)(O)C1. The van der Waals surface area contributed by atoms with E-state index in [1.54, 1.807) is 0 Å². The van der Waals surface area contributed by atoms with Gasteiger partial charge in [0, 0.05) is 6.42 Å². The van der Waals surface area contributed by atoms with Gasteiger partial charge in [0.1, 0.15) is 0 Å². The lowest BCUT2D eigenvalue weighted by Crippen LogP contribution is -2.38. The fourth-order valence-corrected chi connectivity index (χ4v) is 2.17. The van der Waals surface area contributed by atoms with Crippen LogP contribution in [0.1, 0.15) is 34.1 Å². The zero-order valence-corrected chi connectivity index (χ0v) is 7.23. The summed E-state index contributed by atoms with van der Waals surface area (Å²) in [6.45, 7) is 8.27. The quantitative estimate of drug-likeness (QED) is 0.553. The van der Waals surface area contributed by atoms with Gasteiger partial charge in [-0.05, 0) is 25.3 Å². The van der Waals surface area contributed by atoms with Gasteiger partial charge in [-0.2, -0.15) is 0 Å². The summed E-state index contributed by atoms with van der Waals surface area (Å²) >= 11 is 0. The van der Waals surface area contributed by atoms with Crippen molar-refractivity contribution >= 4 is 0 Å². The van der Waals surface area contributed by atoms with Crippen molar-refractivity contribution in [3.8, 4) is 0 Å². The predicted molar refractivity (Wildman–Crippen MR) is 42.8 cm³/mol. The van der Waals surface area contributed by atoms with Crippen LogP contribution >= 0.6 is 0 Å². The molecule has 58 valence electrons. The van der Waals surface area contributed by atoms with Gasteiger partial charge < -0.3 is 5.11 Å². The molecule has 1 rings (SSSR count). The van der Waals surface area contributed by atoms with Crippen molar-refractivity contribution in [2.24, 2.45) is 5.92 Å². The highest BCUT2D eigenvalue weighted by molar-refractivity contribution is 5.35. The number of hydrogen-bond donors (Lipinski definition) is 1. The van der Waals surface area contributed by atoms with Gasteiger partial charge in [0.05, 0.1) is 5.60 Å². The van der Waals surface area contributed by atoms with Gasteiger partial charge in [-0.15, -0.1) is 0 Å². The molecule has 10 heavy (non-hydrogen) atoms. The van der Waals surface area contributed by atoms with Crippen LogP contribution in [0.2, 0.25) is 0 Å². The Morgan fingerprint density at radius 2 is 2.00 bits per heavy atom. The molecule has 0 saturated carbocycles. The first-order chi connectivity index (χ1) is 4.45. The zero-order valence-electron chi connectivity index (χ0n) is 7.23. The van der Waals surface area contributed by atoms with Crippen molar-refractivity contribution in [1.29, 1.82) is 0 Å². The van der Waals surface area contributed by atoms with Crippen molar-refractivity contribution in [1.82, 2.24) is 0 Å². The van der Waals surface area contributed by atoms with Gasteiger partial charge in [0.2, 0.25) is 0 Å². The molecule has 1 heteroatoms. The first kappa shape index (κ1) is 7.80. The Balaban J connectivity index is 2.83. The topological polar surface area (TPSA) is 20.2 Å². The highest BCUT2D eigenvalue weighted by Crippen LogP contribution is 2.41. The van der Waals surface area contributed by atoms with Crippen LogP contribution < -0.4 is 0 Å². The van der Waals surface area contributed by atoms with Crippen molar-refractivity contribution in [3.05, 3.63) is 11.1 Å². The summed E-state index contributed by atoms with van der Waals surface area (Å²) < 4.78 is 0. The lowest BCUT2D eigenvalue weighted by atomic mass is 9.70. The first-order valence-electron chi connectivity index (χ1n) is 3.87. The third kappa shape index (κ3) is 0.988. The largest absolute Gasteiger partial charge is 0.385 e. The van der Waals surface area contributed by atoms with E-state index >= 15 is 0 Å². The normalized spacial score (nSPS) is 33.0. The molecule has 1 aliphatic rings. The van der Waals surface area contributed by atoms with Gasteiger partial charge in [0.15, 0.2) is 0 Å². The van der Waals surface area contributed by atoms with Crippen LogP contribution in [0, 0.1) is 5.92 Å². The van der Waals surface area contributed by atoms with Gasteiger partial charge in [-0.3, -0.25) is 0 Å². The molecule has 1 N–H and O–H groups in total. The van der Waals surface area contributed by atoms with Gasteiger partial charge >= 0.3 is 0 Å². The minimum Gasteiger partial charge on any atom is -0.385 e. The molecular weight excluding hydrogens is 124 g/mol. The molecule has 1 aliphatic carbocycles. The van der Waals surface area contributed by atoms with Crippen molar-refractivity contribution in [3.63, 3.8) is 0 Å². The molecule has 0 radical (unpaired) electrons. The van der Waals surface area contributed by atoms with E-state index in [4.69, 9.17) is 0 Å². The molecule has 0 aromatic heterocycles. The molecule has 1 nitrogen and oxygen atoms in total. The van der Waals surface area contributed by atoms with E-state index in [1.165, 1.54) is 11.1 Å². The Morgan fingerprint density at radius 1 is 1.50 bits per heavy atom. The van der Waals surface area contributed by atoms with E-state index in [0.717, 1.165) is 6.42 Å². The van der Waals surface area contributed by atoms with E-state index in [9.17, 15) is 5.11 Å². The molecule has 0 saturated heterocycles. The van der Waals surface area contributed by atoms with E-state index in [-0.39, 0.29) is 0 Å². The highest BCUT2D eigenvalue weighted by Gasteiger charge is 2.37. The third-order valence-corrected chi connectivity index (χ3v) is 2.23. The van der Waals surface area contributed by atoms with Crippen LogP contribution in [0.4, 0.5) is 0 Å². The zero-order chi connectivity index (χ0) is 7.94. The van der Waals surface area contributed by atoms with Crippen LogP contribution in [0.25, 0.3) is 0 Å². The van der Waals surface area contributed by atoms with Gasteiger partial charge in [0.25, 0.3) is 0 Å². The summed E-state index contributed by atoms with van der Waals surface area (Å²) in [5, 5.41) is 9.66. The number of aliphatic hydroxyl groups is 1. The van der Waals surface area contributed by atoms with Crippen LogP contribution in [0.3, 0.4) is 0 Å². The van der Waals surface area contributed by atoms with E-state index < -0.39 is 5.60 Å². The third-order valence-electron chi connectivity index (χ3n) is 2.23. The average molecular weight is 140 g/mol. The van der Waals surface area contributed by atoms with Gasteiger partial charge in [-0.1, -0.05) is 19.4 Å². The minimum absolute atomic E-state index is 0.488. The molecule has 0 aromatic rings. The second-order valence-electron chi connectivity index (χ2n) is 3.80. The Kier molecular flexibility index (Phi) is 1.63. The van der Waals surface area contributed by atoms with E-state index in [0.29, 0.717) is 5.92 Å². The Hall–Kier alpha value is -0.300. The molecule has 0 aliphatic heterocycles. The van der Waals surface area contributed by atoms with Crippen molar-refractivity contribution < 1.29 is 5.11 Å². The van der Waals surface area contributed by atoms with Crippen molar-refractivity contribution in [2.75, 3.05) is 0 Å². The summed E-state index contributed by atoms with van der Waals surface area (Å²) in [6.07, 6.45) is 0.862. The fourth-order valence-electron chi connectivity index (χ4n) is 2.17. The molecule has 1 atom stereocenters.